The highest BCUT2D eigenvalue weighted by Crippen LogP contribution is 2.19. The van der Waals surface area contributed by atoms with Gasteiger partial charge in [-0.05, 0) is 24.6 Å². The average molecular weight is 283 g/mol. The van der Waals surface area contributed by atoms with Gasteiger partial charge in [0.1, 0.15) is 11.9 Å². The summed E-state index contributed by atoms with van der Waals surface area (Å²) in [4.78, 5) is 6.46. The zero-order valence-electron chi connectivity index (χ0n) is 11.9. The van der Waals surface area contributed by atoms with Crippen molar-refractivity contribution in [3.05, 3.63) is 41.9 Å². The maximum atomic E-state index is 9.19. The van der Waals surface area contributed by atoms with E-state index in [2.05, 4.69) is 21.1 Å². The first-order chi connectivity index (χ1) is 10.3. The van der Waals surface area contributed by atoms with E-state index in [4.69, 9.17) is 4.74 Å². The van der Waals surface area contributed by atoms with Crippen LogP contribution in [0.15, 0.2) is 30.7 Å². The van der Waals surface area contributed by atoms with E-state index in [-0.39, 0.29) is 6.10 Å². The fraction of sp³-hybridized carbons (Fsp3) is 0.400. The number of hydrogen-bond acceptors (Lipinski definition) is 5. The number of rotatable bonds is 3. The Morgan fingerprint density at radius 3 is 3.19 bits per heavy atom. The molecule has 1 aliphatic rings. The summed E-state index contributed by atoms with van der Waals surface area (Å²) in [5.74, 6) is 0.741. The van der Waals surface area contributed by atoms with Crippen LogP contribution in [0.1, 0.15) is 11.1 Å². The predicted molar refractivity (Wildman–Crippen MR) is 77.9 cm³/mol. The molecule has 0 spiro atoms. The normalized spacial score (nSPS) is 18.5. The molecule has 21 heavy (non-hydrogen) atoms. The SMILES string of the molecule is Cc1cnn(C[C@@H]2CN(c3ncccc3C#N)CCO2)c1. The Hall–Kier alpha value is -2.39. The highest BCUT2D eigenvalue weighted by atomic mass is 16.5. The fourth-order valence-corrected chi connectivity index (χ4v) is 2.53. The van der Waals surface area contributed by atoms with Crippen LogP contribution in [0.4, 0.5) is 5.82 Å². The fourth-order valence-electron chi connectivity index (χ4n) is 2.53. The van der Waals surface area contributed by atoms with Crippen LogP contribution in [0.3, 0.4) is 0 Å². The Kier molecular flexibility index (Phi) is 3.84. The second-order valence-corrected chi connectivity index (χ2v) is 5.16. The predicted octanol–water partition coefficient (Wildman–Crippen LogP) is 1.36. The van der Waals surface area contributed by atoms with Crippen molar-refractivity contribution in [1.82, 2.24) is 14.8 Å². The summed E-state index contributed by atoms with van der Waals surface area (Å²) in [6.45, 7) is 4.82. The third-order valence-electron chi connectivity index (χ3n) is 3.50. The molecule has 0 aliphatic carbocycles. The molecule has 0 N–H and O–H groups in total. The molecule has 2 aromatic heterocycles. The number of anilines is 1. The molecule has 0 saturated carbocycles. The van der Waals surface area contributed by atoms with Crippen LogP contribution in [0.2, 0.25) is 0 Å². The van der Waals surface area contributed by atoms with Crippen LogP contribution >= 0.6 is 0 Å². The minimum atomic E-state index is 0.0478. The summed E-state index contributed by atoms with van der Waals surface area (Å²) < 4.78 is 7.70. The molecule has 6 nitrogen and oxygen atoms in total. The van der Waals surface area contributed by atoms with Crippen molar-refractivity contribution >= 4 is 5.82 Å². The molecule has 1 saturated heterocycles. The minimum Gasteiger partial charge on any atom is -0.373 e. The number of nitriles is 1. The van der Waals surface area contributed by atoms with Crippen molar-refractivity contribution in [1.29, 1.82) is 5.26 Å². The molecular formula is C15H17N5O. The summed E-state index contributed by atoms with van der Waals surface area (Å²) >= 11 is 0. The Morgan fingerprint density at radius 2 is 2.43 bits per heavy atom. The molecule has 0 radical (unpaired) electrons. The third-order valence-corrected chi connectivity index (χ3v) is 3.50. The molecule has 6 heteroatoms. The van der Waals surface area contributed by atoms with Crippen LogP contribution < -0.4 is 4.90 Å². The smallest absolute Gasteiger partial charge is 0.146 e. The average Bonchev–Trinajstić information content (AvgIpc) is 2.92. The van der Waals surface area contributed by atoms with E-state index in [9.17, 15) is 5.26 Å². The van der Waals surface area contributed by atoms with Gasteiger partial charge in [-0.1, -0.05) is 0 Å². The number of aryl methyl sites for hydroxylation is 1. The van der Waals surface area contributed by atoms with Crippen molar-refractivity contribution in [2.24, 2.45) is 0 Å². The molecule has 0 bridgehead atoms. The maximum absolute atomic E-state index is 9.19. The van der Waals surface area contributed by atoms with Crippen molar-refractivity contribution in [3.8, 4) is 6.07 Å². The molecule has 3 rings (SSSR count). The van der Waals surface area contributed by atoms with E-state index >= 15 is 0 Å². The van der Waals surface area contributed by atoms with Gasteiger partial charge in [0, 0.05) is 25.5 Å². The van der Waals surface area contributed by atoms with E-state index in [0.29, 0.717) is 25.3 Å². The van der Waals surface area contributed by atoms with Gasteiger partial charge >= 0.3 is 0 Å². The van der Waals surface area contributed by atoms with Gasteiger partial charge in [-0.25, -0.2) is 4.98 Å². The van der Waals surface area contributed by atoms with E-state index < -0.39 is 0 Å². The Bertz CT molecular complexity index is 660. The van der Waals surface area contributed by atoms with E-state index in [0.717, 1.165) is 17.9 Å². The van der Waals surface area contributed by atoms with Gasteiger partial charge in [-0.15, -0.1) is 0 Å². The standard InChI is InChI=1S/C15H17N5O/c1-12-8-18-20(9-12)11-14-10-19(5-6-21-14)15-13(7-16)3-2-4-17-15/h2-4,8-9,14H,5-6,10-11H2,1H3/t14-/m0/s1. The molecule has 0 amide bonds. The van der Waals surface area contributed by atoms with Crippen LogP contribution in [0, 0.1) is 18.3 Å². The lowest BCUT2D eigenvalue weighted by molar-refractivity contribution is 0.0271. The molecule has 108 valence electrons. The van der Waals surface area contributed by atoms with Gasteiger partial charge in [0.25, 0.3) is 0 Å². The van der Waals surface area contributed by atoms with Crippen LogP contribution in [0.5, 0.6) is 0 Å². The molecule has 1 aliphatic heterocycles. The van der Waals surface area contributed by atoms with E-state index in [1.165, 1.54) is 0 Å². The Morgan fingerprint density at radius 1 is 1.52 bits per heavy atom. The van der Waals surface area contributed by atoms with Gasteiger partial charge < -0.3 is 9.64 Å². The first-order valence-corrected chi connectivity index (χ1v) is 6.97. The first kappa shape index (κ1) is 13.6. The van der Waals surface area contributed by atoms with Gasteiger partial charge in [0.05, 0.1) is 31.0 Å². The molecule has 0 unspecified atom stereocenters. The van der Waals surface area contributed by atoms with E-state index in [1.54, 1.807) is 18.3 Å². The lowest BCUT2D eigenvalue weighted by Crippen LogP contribution is -2.45. The zero-order valence-corrected chi connectivity index (χ0v) is 11.9. The molecule has 3 heterocycles. The number of nitrogens with zero attached hydrogens (tertiary/aromatic N) is 5. The highest BCUT2D eigenvalue weighted by Gasteiger charge is 2.23. The van der Waals surface area contributed by atoms with Crippen LogP contribution in [0.25, 0.3) is 0 Å². The summed E-state index contributed by atoms with van der Waals surface area (Å²) in [6, 6.07) is 5.78. The van der Waals surface area contributed by atoms with Gasteiger partial charge in [0.2, 0.25) is 0 Å². The summed E-state index contributed by atoms with van der Waals surface area (Å²) in [6.07, 6.45) is 5.61. The van der Waals surface area contributed by atoms with Crippen molar-refractivity contribution in [3.63, 3.8) is 0 Å². The number of pyridine rings is 1. The van der Waals surface area contributed by atoms with Crippen molar-refractivity contribution in [2.45, 2.75) is 19.6 Å². The molecule has 1 atom stereocenters. The van der Waals surface area contributed by atoms with E-state index in [1.807, 2.05) is 24.0 Å². The number of aromatic nitrogens is 3. The van der Waals surface area contributed by atoms with Crippen molar-refractivity contribution < 1.29 is 4.74 Å². The second-order valence-electron chi connectivity index (χ2n) is 5.16. The number of morpholine rings is 1. The molecule has 0 aromatic carbocycles. The second kappa shape index (κ2) is 5.94. The number of hydrogen-bond donors (Lipinski definition) is 0. The number of ether oxygens (including phenoxy) is 1. The Labute approximate surface area is 123 Å². The minimum absolute atomic E-state index is 0.0478. The summed E-state index contributed by atoms with van der Waals surface area (Å²) in [5.41, 5.74) is 1.74. The monoisotopic (exact) mass is 283 g/mol. The van der Waals surface area contributed by atoms with Crippen LogP contribution in [-0.4, -0.2) is 40.6 Å². The maximum Gasteiger partial charge on any atom is 0.146 e. The topological polar surface area (TPSA) is 67.0 Å². The van der Waals surface area contributed by atoms with Gasteiger partial charge in [-0.3, -0.25) is 4.68 Å². The molecule has 2 aromatic rings. The molecule has 1 fully saturated rings. The highest BCUT2D eigenvalue weighted by molar-refractivity contribution is 5.53. The lowest BCUT2D eigenvalue weighted by Gasteiger charge is -2.34. The molecular weight excluding hydrogens is 266 g/mol. The van der Waals surface area contributed by atoms with Gasteiger partial charge in [0.15, 0.2) is 0 Å². The Balaban J connectivity index is 1.72. The quantitative estimate of drug-likeness (QED) is 0.851. The van der Waals surface area contributed by atoms with Crippen LogP contribution in [-0.2, 0) is 11.3 Å². The largest absolute Gasteiger partial charge is 0.373 e. The summed E-state index contributed by atoms with van der Waals surface area (Å²) in [7, 11) is 0. The van der Waals surface area contributed by atoms with Gasteiger partial charge in [-0.2, -0.15) is 10.4 Å². The third kappa shape index (κ3) is 3.03. The first-order valence-electron chi connectivity index (χ1n) is 6.97. The zero-order chi connectivity index (χ0) is 14.7. The lowest BCUT2D eigenvalue weighted by atomic mass is 10.2. The van der Waals surface area contributed by atoms with Crippen molar-refractivity contribution in [2.75, 3.05) is 24.6 Å². The summed E-state index contributed by atoms with van der Waals surface area (Å²) in [5, 5.41) is 13.5.